The second-order valence-corrected chi connectivity index (χ2v) is 5.27. The number of amides is 1. The molecule has 0 fully saturated rings. The molecule has 4 heteroatoms. The third-order valence-electron chi connectivity index (χ3n) is 3.55. The molecule has 1 unspecified atom stereocenters. The first-order valence-electron chi connectivity index (χ1n) is 6.24. The normalized spacial score (nSPS) is 18.6. The van der Waals surface area contributed by atoms with Crippen LogP contribution < -0.4 is 5.32 Å². The van der Waals surface area contributed by atoms with Gasteiger partial charge < -0.3 is 10.3 Å². The lowest BCUT2D eigenvalue weighted by molar-refractivity contribution is -0.119. The second kappa shape index (κ2) is 4.76. The van der Waals surface area contributed by atoms with Crippen molar-refractivity contribution in [3.8, 4) is 0 Å². The fourth-order valence-corrected chi connectivity index (χ4v) is 2.98. The zero-order chi connectivity index (χ0) is 12.5. The van der Waals surface area contributed by atoms with Gasteiger partial charge in [-0.05, 0) is 25.3 Å². The summed E-state index contributed by atoms with van der Waals surface area (Å²) < 4.78 is 0. The molecule has 0 saturated carbocycles. The van der Waals surface area contributed by atoms with Crippen LogP contribution in [-0.2, 0) is 11.2 Å². The molecule has 1 aliphatic rings. The molecule has 3 nitrogen and oxygen atoms in total. The predicted molar refractivity (Wildman–Crippen MR) is 75.9 cm³/mol. The van der Waals surface area contributed by atoms with Crippen molar-refractivity contribution < 1.29 is 4.79 Å². The van der Waals surface area contributed by atoms with Gasteiger partial charge in [-0.2, -0.15) is 0 Å². The molecule has 0 spiro atoms. The van der Waals surface area contributed by atoms with Crippen molar-refractivity contribution in [2.24, 2.45) is 0 Å². The number of nitrogens with one attached hydrogen (secondary N) is 2. The van der Waals surface area contributed by atoms with E-state index >= 15 is 0 Å². The van der Waals surface area contributed by atoms with Gasteiger partial charge in [0.25, 0.3) is 0 Å². The van der Waals surface area contributed by atoms with E-state index in [0.29, 0.717) is 5.33 Å². The standard InChI is InChI=1S/C14H15BrN2O/c15-8-13(18)17-12-7-3-6-11-14(12)9-4-1-2-5-10(9)16-11/h1-2,4-5,12,16H,3,6-8H2,(H,17,18). The molecule has 18 heavy (non-hydrogen) atoms. The number of halogens is 1. The minimum Gasteiger partial charge on any atom is -0.358 e. The molecule has 0 radical (unpaired) electrons. The van der Waals surface area contributed by atoms with Gasteiger partial charge in [-0.3, -0.25) is 4.79 Å². The maximum absolute atomic E-state index is 11.6. The largest absolute Gasteiger partial charge is 0.358 e. The van der Waals surface area contributed by atoms with Gasteiger partial charge in [-0.1, -0.05) is 34.1 Å². The van der Waals surface area contributed by atoms with Gasteiger partial charge in [-0.15, -0.1) is 0 Å². The summed E-state index contributed by atoms with van der Waals surface area (Å²) in [6.45, 7) is 0. The van der Waals surface area contributed by atoms with Crippen LogP contribution in [0.25, 0.3) is 10.9 Å². The molecule has 1 heterocycles. The second-order valence-electron chi connectivity index (χ2n) is 4.71. The molecular formula is C14H15BrN2O. The van der Waals surface area contributed by atoms with Crippen LogP contribution in [0.3, 0.4) is 0 Å². The fraction of sp³-hybridized carbons (Fsp3) is 0.357. The Morgan fingerprint density at radius 3 is 3.11 bits per heavy atom. The van der Waals surface area contributed by atoms with E-state index in [1.54, 1.807) is 0 Å². The lowest BCUT2D eigenvalue weighted by atomic mass is 9.91. The molecular weight excluding hydrogens is 292 g/mol. The molecule has 0 saturated heterocycles. The number of fused-ring (bicyclic) bond motifs is 3. The van der Waals surface area contributed by atoms with Crippen LogP contribution in [0.15, 0.2) is 24.3 Å². The number of H-pyrrole nitrogens is 1. The molecule has 94 valence electrons. The number of rotatable bonds is 2. The van der Waals surface area contributed by atoms with Gasteiger partial charge in [0.1, 0.15) is 0 Å². The average Bonchev–Trinajstić information content (AvgIpc) is 2.78. The number of aromatic amines is 1. The monoisotopic (exact) mass is 306 g/mol. The van der Waals surface area contributed by atoms with Crippen LogP contribution in [0.5, 0.6) is 0 Å². The molecule has 2 aromatic rings. The van der Waals surface area contributed by atoms with Crippen molar-refractivity contribution >= 4 is 32.7 Å². The topological polar surface area (TPSA) is 44.9 Å². The lowest BCUT2D eigenvalue weighted by Crippen LogP contribution is -2.31. The molecule has 1 amide bonds. The van der Waals surface area contributed by atoms with Crippen molar-refractivity contribution in [1.29, 1.82) is 0 Å². The quantitative estimate of drug-likeness (QED) is 0.823. The first-order chi connectivity index (χ1) is 8.79. The molecule has 0 bridgehead atoms. The van der Waals surface area contributed by atoms with Crippen molar-refractivity contribution in [1.82, 2.24) is 10.3 Å². The first kappa shape index (κ1) is 11.8. The Bertz CT molecular complexity index is 590. The Kier molecular flexibility index (Phi) is 3.12. The van der Waals surface area contributed by atoms with Crippen LogP contribution in [-0.4, -0.2) is 16.2 Å². The van der Waals surface area contributed by atoms with E-state index in [4.69, 9.17) is 0 Å². The molecule has 0 aliphatic heterocycles. The smallest absolute Gasteiger partial charge is 0.231 e. The van der Waals surface area contributed by atoms with Gasteiger partial charge in [0.15, 0.2) is 0 Å². The van der Waals surface area contributed by atoms with Crippen molar-refractivity contribution in [2.75, 3.05) is 5.33 Å². The molecule has 3 rings (SSSR count). The average molecular weight is 307 g/mol. The van der Waals surface area contributed by atoms with Gasteiger partial charge in [0, 0.05) is 22.2 Å². The van der Waals surface area contributed by atoms with Crippen LogP contribution >= 0.6 is 15.9 Å². The molecule has 1 aromatic carbocycles. The SMILES string of the molecule is O=C(CBr)NC1CCCc2[nH]c3ccccc3c21. The van der Waals surface area contributed by atoms with Crippen LogP contribution in [0.4, 0.5) is 0 Å². The number of hydrogen-bond donors (Lipinski definition) is 2. The third-order valence-corrected chi connectivity index (χ3v) is 4.06. The van der Waals surface area contributed by atoms with Crippen LogP contribution in [0, 0.1) is 0 Å². The van der Waals surface area contributed by atoms with Crippen LogP contribution in [0.1, 0.15) is 30.1 Å². The van der Waals surface area contributed by atoms with E-state index in [2.05, 4.69) is 44.4 Å². The Labute approximate surface area is 114 Å². The summed E-state index contributed by atoms with van der Waals surface area (Å²) in [7, 11) is 0. The minimum atomic E-state index is 0.0538. The van der Waals surface area contributed by atoms with Crippen molar-refractivity contribution in [3.63, 3.8) is 0 Å². The number of carbonyl (C=O) groups is 1. The van der Waals surface area contributed by atoms with E-state index in [1.807, 2.05) is 6.07 Å². The zero-order valence-electron chi connectivity index (χ0n) is 10.0. The number of alkyl halides is 1. The maximum atomic E-state index is 11.6. The molecule has 2 N–H and O–H groups in total. The van der Waals surface area contributed by atoms with Crippen LogP contribution in [0.2, 0.25) is 0 Å². The van der Waals surface area contributed by atoms with E-state index in [-0.39, 0.29) is 11.9 Å². The summed E-state index contributed by atoms with van der Waals surface area (Å²) in [5.74, 6) is 0.0538. The van der Waals surface area contributed by atoms with Gasteiger partial charge in [-0.25, -0.2) is 0 Å². The highest BCUT2D eigenvalue weighted by atomic mass is 79.9. The number of benzene rings is 1. The van der Waals surface area contributed by atoms with E-state index < -0.39 is 0 Å². The Morgan fingerprint density at radius 1 is 1.44 bits per heavy atom. The van der Waals surface area contributed by atoms with E-state index in [0.717, 1.165) is 19.3 Å². The number of hydrogen-bond acceptors (Lipinski definition) is 1. The summed E-state index contributed by atoms with van der Waals surface area (Å²) in [6, 6.07) is 8.46. The highest BCUT2D eigenvalue weighted by molar-refractivity contribution is 9.09. The highest BCUT2D eigenvalue weighted by Crippen LogP contribution is 2.35. The lowest BCUT2D eigenvalue weighted by Gasteiger charge is -2.24. The molecule has 1 atom stereocenters. The van der Waals surface area contributed by atoms with Gasteiger partial charge >= 0.3 is 0 Å². The summed E-state index contributed by atoms with van der Waals surface area (Å²) in [6.07, 6.45) is 3.21. The highest BCUT2D eigenvalue weighted by Gasteiger charge is 2.25. The zero-order valence-corrected chi connectivity index (χ0v) is 11.6. The third kappa shape index (κ3) is 1.94. The number of aromatic nitrogens is 1. The summed E-state index contributed by atoms with van der Waals surface area (Å²) in [5, 5.41) is 4.70. The van der Waals surface area contributed by atoms with E-state index in [1.165, 1.54) is 22.2 Å². The molecule has 1 aromatic heterocycles. The Morgan fingerprint density at radius 2 is 2.28 bits per heavy atom. The fourth-order valence-electron chi connectivity index (χ4n) is 2.82. The number of carbonyl (C=O) groups excluding carboxylic acids is 1. The first-order valence-corrected chi connectivity index (χ1v) is 7.36. The number of para-hydroxylation sites is 1. The molecule has 1 aliphatic carbocycles. The van der Waals surface area contributed by atoms with Crippen molar-refractivity contribution in [2.45, 2.75) is 25.3 Å². The van der Waals surface area contributed by atoms with Gasteiger partial charge in [0.2, 0.25) is 5.91 Å². The summed E-state index contributed by atoms with van der Waals surface area (Å²) >= 11 is 3.20. The minimum absolute atomic E-state index is 0.0538. The predicted octanol–water partition coefficient (Wildman–Crippen LogP) is 3.06. The summed E-state index contributed by atoms with van der Waals surface area (Å²) in [5.41, 5.74) is 3.73. The van der Waals surface area contributed by atoms with E-state index in [9.17, 15) is 4.79 Å². The van der Waals surface area contributed by atoms with Crippen molar-refractivity contribution in [3.05, 3.63) is 35.5 Å². The summed E-state index contributed by atoms with van der Waals surface area (Å²) in [4.78, 5) is 15.1. The Hall–Kier alpha value is -1.29. The maximum Gasteiger partial charge on any atom is 0.231 e. The number of aryl methyl sites for hydroxylation is 1. The Balaban J connectivity index is 2.05. The van der Waals surface area contributed by atoms with Gasteiger partial charge in [0.05, 0.1) is 11.4 Å².